The lowest BCUT2D eigenvalue weighted by molar-refractivity contribution is -0.337. The van der Waals surface area contributed by atoms with E-state index in [4.69, 9.17) is 18.9 Å². The third-order valence-electron chi connectivity index (χ3n) is 7.24. The number of rotatable bonds is 10. The molecule has 2 aliphatic heterocycles. The Morgan fingerprint density at radius 3 is 2.24 bits per heavy atom. The molecule has 6 heteroatoms. The van der Waals surface area contributed by atoms with Crippen LogP contribution >= 0.6 is 0 Å². The molecular formula is C28H38O6. The molecule has 2 aliphatic rings. The van der Waals surface area contributed by atoms with Crippen LogP contribution in [-0.2, 0) is 32.2 Å². The van der Waals surface area contributed by atoms with Crippen molar-refractivity contribution in [2.24, 2.45) is 0 Å². The van der Waals surface area contributed by atoms with Crippen molar-refractivity contribution in [3.05, 3.63) is 71.8 Å². The lowest BCUT2D eigenvalue weighted by Crippen LogP contribution is -2.69. The molecule has 0 radical (unpaired) electrons. The molecule has 0 spiro atoms. The van der Waals surface area contributed by atoms with Crippen LogP contribution in [0.15, 0.2) is 60.7 Å². The topological polar surface area (TPSA) is 77.4 Å². The van der Waals surface area contributed by atoms with Crippen LogP contribution in [0.25, 0.3) is 0 Å². The quantitative estimate of drug-likeness (QED) is 0.511. The Morgan fingerprint density at radius 1 is 0.941 bits per heavy atom. The van der Waals surface area contributed by atoms with E-state index in [0.29, 0.717) is 32.7 Å². The van der Waals surface area contributed by atoms with Gasteiger partial charge >= 0.3 is 0 Å². The molecule has 2 N–H and O–H groups in total. The molecule has 2 fully saturated rings. The van der Waals surface area contributed by atoms with E-state index in [0.717, 1.165) is 18.4 Å². The van der Waals surface area contributed by atoms with Crippen LogP contribution in [0.3, 0.4) is 0 Å². The number of hydrogen-bond donors (Lipinski definition) is 2. The minimum atomic E-state index is -1.04. The highest BCUT2D eigenvalue weighted by molar-refractivity contribution is 5.14. The average Bonchev–Trinajstić information content (AvgIpc) is 2.85. The smallest absolute Gasteiger partial charge is 0.119 e. The highest BCUT2D eigenvalue weighted by Crippen LogP contribution is 2.45. The molecule has 2 heterocycles. The summed E-state index contributed by atoms with van der Waals surface area (Å²) in [4.78, 5) is 0. The van der Waals surface area contributed by atoms with Crippen molar-refractivity contribution in [3.63, 3.8) is 0 Å². The Hall–Kier alpha value is -1.80. The Morgan fingerprint density at radius 2 is 1.59 bits per heavy atom. The number of benzene rings is 2. The molecule has 34 heavy (non-hydrogen) atoms. The largest absolute Gasteiger partial charge is 0.393 e. The maximum absolute atomic E-state index is 10.7. The molecule has 0 saturated carbocycles. The van der Waals surface area contributed by atoms with Crippen LogP contribution in [0.4, 0.5) is 0 Å². The lowest BCUT2D eigenvalue weighted by atomic mass is 9.76. The Bertz CT molecular complexity index is 877. The van der Waals surface area contributed by atoms with Gasteiger partial charge in [-0.05, 0) is 37.8 Å². The van der Waals surface area contributed by atoms with Crippen molar-refractivity contribution in [3.8, 4) is 0 Å². The Labute approximate surface area is 202 Å². The zero-order valence-corrected chi connectivity index (χ0v) is 20.3. The highest BCUT2D eigenvalue weighted by atomic mass is 16.6. The van der Waals surface area contributed by atoms with E-state index < -0.39 is 17.3 Å². The Balaban J connectivity index is 1.37. The summed E-state index contributed by atoms with van der Waals surface area (Å²) in [5.41, 5.74) is 0.468. The van der Waals surface area contributed by atoms with Gasteiger partial charge in [0.05, 0.1) is 44.2 Å². The van der Waals surface area contributed by atoms with Gasteiger partial charge < -0.3 is 29.2 Å². The second kappa shape index (κ2) is 11.3. The molecule has 2 aromatic rings. The van der Waals surface area contributed by atoms with Crippen LogP contribution in [0.5, 0.6) is 0 Å². The monoisotopic (exact) mass is 470 g/mol. The van der Waals surface area contributed by atoms with E-state index in [1.54, 1.807) is 6.92 Å². The van der Waals surface area contributed by atoms with Gasteiger partial charge in [0.2, 0.25) is 0 Å². The first kappa shape index (κ1) is 25.3. The van der Waals surface area contributed by atoms with E-state index in [-0.39, 0.29) is 24.9 Å². The summed E-state index contributed by atoms with van der Waals surface area (Å²) in [5, 5.41) is 20.6. The van der Waals surface area contributed by atoms with Gasteiger partial charge in [-0.15, -0.1) is 0 Å². The standard InChI is InChI=1S/C28H38O6/c1-27(20-29)24(30)17-26-28(2,34-27)25(32-19-22-12-7-4-8-13-22)16-23(33-26)14-9-15-31-18-21-10-5-3-6-11-21/h3-8,10-13,23-26,29-30H,9,14-20H2,1-2H3/t23-,24-,25-,26+,27+,28-/m0/s1. The van der Waals surface area contributed by atoms with Gasteiger partial charge in [0.1, 0.15) is 11.2 Å². The summed E-state index contributed by atoms with van der Waals surface area (Å²) in [6.07, 6.45) is 1.47. The predicted molar refractivity (Wildman–Crippen MR) is 129 cm³/mol. The molecule has 6 nitrogen and oxygen atoms in total. The van der Waals surface area contributed by atoms with Crippen LogP contribution in [0.1, 0.15) is 50.7 Å². The summed E-state index contributed by atoms with van der Waals surface area (Å²) < 4.78 is 25.1. The normalized spacial score (nSPS) is 33.4. The molecule has 0 aliphatic carbocycles. The minimum absolute atomic E-state index is 0.00606. The summed E-state index contributed by atoms with van der Waals surface area (Å²) in [6, 6.07) is 20.2. The number of aliphatic hydroxyl groups is 2. The van der Waals surface area contributed by atoms with Gasteiger partial charge in [-0.1, -0.05) is 60.7 Å². The molecular weight excluding hydrogens is 432 g/mol. The fourth-order valence-electron chi connectivity index (χ4n) is 5.05. The highest BCUT2D eigenvalue weighted by Gasteiger charge is 2.58. The molecule has 2 saturated heterocycles. The van der Waals surface area contributed by atoms with E-state index >= 15 is 0 Å². The third kappa shape index (κ3) is 5.88. The number of hydrogen-bond acceptors (Lipinski definition) is 6. The summed E-state index contributed by atoms with van der Waals surface area (Å²) in [5.74, 6) is 0. The average molecular weight is 471 g/mol. The van der Waals surface area contributed by atoms with Crippen molar-refractivity contribution < 1.29 is 29.2 Å². The van der Waals surface area contributed by atoms with E-state index in [9.17, 15) is 10.2 Å². The van der Waals surface area contributed by atoms with Gasteiger partial charge in [-0.2, -0.15) is 0 Å². The molecule has 0 aromatic heterocycles. The summed E-state index contributed by atoms with van der Waals surface area (Å²) in [7, 11) is 0. The first-order valence-electron chi connectivity index (χ1n) is 12.3. The van der Waals surface area contributed by atoms with E-state index in [1.807, 2.05) is 55.5 Å². The van der Waals surface area contributed by atoms with E-state index in [1.165, 1.54) is 5.56 Å². The van der Waals surface area contributed by atoms with Crippen LogP contribution in [0, 0.1) is 0 Å². The predicted octanol–water partition coefficient (Wildman–Crippen LogP) is 4.02. The number of fused-ring (bicyclic) bond motifs is 1. The Kier molecular flexibility index (Phi) is 8.40. The third-order valence-corrected chi connectivity index (χ3v) is 7.24. The SMILES string of the molecule is C[C@@]12O[C@](C)(CO)[C@@H](O)C[C@H]1O[C@@H](CCCOCc1ccccc1)C[C@@H]2OCc1ccccc1. The van der Waals surface area contributed by atoms with E-state index in [2.05, 4.69) is 12.1 Å². The van der Waals surface area contributed by atoms with Crippen LogP contribution in [-0.4, -0.2) is 59.0 Å². The maximum Gasteiger partial charge on any atom is 0.119 e. The van der Waals surface area contributed by atoms with Gasteiger partial charge in [0.25, 0.3) is 0 Å². The fraction of sp³-hybridized carbons (Fsp3) is 0.571. The zero-order valence-electron chi connectivity index (χ0n) is 20.3. The summed E-state index contributed by atoms with van der Waals surface area (Å²) >= 11 is 0. The minimum Gasteiger partial charge on any atom is -0.393 e. The molecule has 4 rings (SSSR count). The molecule has 0 amide bonds. The van der Waals surface area contributed by atoms with Crippen LogP contribution < -0.4 is 0 Å². The van der Waals surface area contributed by atoms with Gasteiger partial charge in [-0.3, -0.25) is 0 Å². The molecule has 6 atom stereocenters. The fourth-order valence-corrected chi connectivity index (χ4v) is 5.05. The van der Waals surface area contributed by atoms with Gasteiger partial charge in [0.15, 0.2) is 0 Å². The first-order chi connectivity index (χ1) is 16.4. The van der Waals surface area contributed by atoms with Crippen molar-refractivity contribution in [2.75, 3.05) is 13.2 Å². The van der Waals surface area contributed by atoms with Crippen molar-refractivity contribution in [2.45, 2.75) is 88.4 Å². The molecule has 0 unspecified atom stereocenters. The molecule has 186 valence electrons. The first-order valence-corrected chi connectivity index (χ1v) is 12.3. The van der Waals surface area contributed by atoms with Crippen molar-refractivity contribution in [1.29, 1.82) is 0 Å². The summed E-state index contributed by atoms with van der Waals surface area (Å²) in [6.45, 7) is 5.23. The number of aliphatic hydroxyl groups excluding tert-OH is 2. The van der Waals surface area contributed by atoms with Crippen molar-refractivity contribution >= 4 is 0 Å². The second-order valence-electron chi connectivity index (χ2n) is 9.96. The molecule has 0 bridgehead atoms. The molecule has 2 aromatic carbocycles. The van der Waals surface area contributed by atoms with Crippen molar-refractivity contribution in [1.82, 2.24) is 0 Å². The second-order valence-corrected chi connectivity index (χ2v) is 9.96. The lowest BCUT2D eigenvalue weighted by Gasteiger charge is -2.57. The maximum atomic E-state index is 10.7. The van der Waals surface area contributed by atoms with Gasteiger partial charge in [0, 0.05) is 19.4 Å². The van der Waals surface area contributed by atoms with Crippen LogP contribution in [0.2, 0.25) is 0 Å². The zero-order chi connectivity index (χ0) is 24.0. The number of ether oxygens (including phenoxy) is 4. The van der Waals surface area contributed by atoms with Gasteiger partial charge in [-0.25, -0.2) is 0 Å².